The third-order valence-electron chi connectivity index (χ3n) is 2.43. The molecule has 0 heterocycles. The molecular weight excluding hydrogens is 253 g/mol. The Morgan fingerprint density at radius 2 is 2.17 bits per heavy atom. The molecule has 0 aliphatic rings. The van der Waals surface area contributed by atoms with E-state index in [4.69, 9.17) is 0 Å². The van der Waals surface area contributed by atoms with Crippen LogP contribution in [0.3, 0.4) is 0 Å². The van der Waals surface area contributed by atoms with Crippen LogP contribution in [-0.4, -0.2) is 35.2 Å². The fourth-order valence-electron chi connectivity index (χ4n) is 1.53. The summed E-state index contributed by atoms with van der Waals surface area (Å²) < 4.78 is 13.3. The highest BCUT2D eigenvalue weighted by atomic mass is 32.2. The highest BCUT2D eigenvalue weighted by Crippen LogP contribution is 2.10. The number of amides is 1. The Labute approximate surface area is 111 Å². The zero-order valence-electron chi connectivity index (χ0n) is 10.6. The lowest BCUT2D eigenvalue weighted by molar-refractivity contribution is -0.121. The van der Waals surface area contributed by atoms with Gasteiger partial charge in [0.2, 0.25) is 5.91 Å². The Balaban J connectivity index is 2.46. The van der Waals surface area contributed by atoms with Gasteiger partial charge < -0.3 is 10.4 Å². The van der Waals surface area contributed by atoms with Crippen LogP contribution in [0.1, 0.15) is 12.5 Å². The van der Waals surface area contributed by atoms with Gasteiger partial charge in [0.15, 0.2) is 0 Å². The molecule has 0 aliphatic heterocycles. The summed E-state index contributed by atoms with van der Waals surface area (Å²) in [5, 5.41) is 12.5. The highest BCUT2D eigenvalue weighted by molar-refractivity contribution is 7.98. The maximum absolute atomic E-state index is 13.3. The molecule has 0 aliphatic carbocycles. The van der Waals surface area contributed by atoms with Gasteiger partial charge in [0.05, 0.1) is 12.0 Å². The summed E-state index contributed by atoms with van der Waals surface area (Å²) >= 11 is 1.51. The SMILES string of the molecule is CSC[C@](C)(O)CNC(=O)Cc1ccccc1F. The number of hydrogen-bond acceptors (Lipinski definition) is 3. The maximum atomic E-state index is 13.3. The van der Waals surface area contributed by atoms with Crippen LogP contribution in [0.2, 0.25) is 0 Å². The van der Waals surface area contributed by atoms with Crippen LogP contribution < -0.4 is 5.32 Å². The minimum absolute atomic E-state index is 0.0119. The van der Waals surface area contributed by atoms with Crippen molar-refractivity contribution in [1.29, 1.82) is 0 Å². The molecule has 0 fully saturated rings. The molecule has 0 saturated heterocycles. The van der Waals surface area contributed by atoms with Crippen molar-refractivity contribution in [3.05, 3.63) is 35.6 Å². The van der Waals surface area contributed by atoms with E-state index in [1.165, 1.54) is 17.8 Å². The molecule has 1 atom stereocenters. The van der Waals surface area contributed by atoms with Gasteiger partial charge >= 0.3 is 0 Å². The van der Waals surface area contributed by atoms with Crippen LogP contribution in [0.5, 0.6) is 0 Å². The summed E-state index contributed by atoms with van der Waals surface area (Å²) in [6.07, 6.45) is 1.87. The molecule has 0 spiro atoms. The van der Waals surface area contributed by atoms with Crippen molar-refractivity contribution in [1.82, 2.24) is 5.32 Å². The second-order valence-electron chi connectivity index (χ2n) is 4.47. The number of hydrogen-bond donors (Lipinski definition) is 2. The molecule has 1 amide bonds. The van der Waals surface area contributed by atoms with Crippen LogP contribution in [0.4, 0.5) is 4.39 Å². The molecule has 0 bridgehead atoms. The third kappa shape index (κ3) is 5.06. The fourth-order valence-corrected chi connectivity index (χ4v) is 2.25. The van der Waals surface area contributed by atoms with Crippen molar-refractivity contribution in [2.75, 3.05) is 18.6 Å². The van der Waals surface area contributed by atoms with Gasteiger partial charge in [-0.05, 0) is 24.8 Å². The van der Waals surface area contributed by atoms with Crippen molar-refractivity contribution in [2.45, 2.75) is 18.9 Å². The van der Waals surface area contributed by atoms with Gasteiger partial charge in [0.25, 0.3) is 0 Å². The predicted molar refractivity (Wildman–Crippen MR) is 72.1 cm³/mol. The minimum atomic E-state index is -0.940. The van der Waals surface area contributed by atoms with Crippen LogP contribution in [0.15, 0.2) is 24.3 Å². The Kier molecular flexibility index (Phi) is 5.62. The Hall–Kier alpha value is -1.07. The van der Waals surface area contributed by atoms with E-state index >= 15 is 0 Å². The number of carbonyl (C=O) groups excluding carboxylic acids is 1. The van der Waals surface area contributed by atoms with Crippen molar-refractivity contribution < 1.29 is 14.3 Å². The van der Waals surface area contributed by atoms with Gasteiger partial charge in [0, 0.05) is 12.3 Å². The van der Waals surface area contributed by atoms with Gasteiger partial charge in [-0.1, -0.05) is 18.2 Å². The van der Waals surface area contributed by atoms with E-state index in [0.29, 0.717) is 11.3 Å². The first-order valence-corrected chi connectivity index (χ1v) is 7.05. The Morgan fingerprint density at radius 1 is 1.50 bits per heavy atom. The predicted octanol–water partition coefficient (Wildman–Crippen LogP) is 1.60. The van der Waals surface area contributed by atoms with Gasteiger partial charge in [-0.15, -0.1) is 0 Å². The molecule has 1 rings (SSSR count). The third-order valence-corrected chi connectivity index (χ3v) is 3.34. The van der Waals surface area contributed by atoms with Crippen molar-refractivity contribution in [2.24, 2.45) is 0 Å². The summed E-state index contributed by atoms with van der Waals surface area (Å²) in [5.41, 5.74) is -0.580. The Morgan fingerprint density at radius 3 is 2.78 bits per heavy atom. The van der Waals surface area contributed by atoms with Crippen LogP contribution in [0, 0.1) is 5.82 Å². The normalized spacial score (nSPS) is 14.0. The minimum Gasteiger partial charge on any atom is -0.387 e. The van der Waals surface area contributed by atoms with Gasteiger partial charge in [-0.3, -0.25) is 4.79 Å². The van der Waals surface area contributed by atoms with Crippen molar-refractivity contribution >= 4 is 17.7 Å². The van der Waals surface area contributed by atoms with Crippen LogP contribution >= 0.6 is 11.8 Å². The number of thioether (sulfide) groups is 1. The summed E-state index contributed by atoms with van der Waals surface area (Å²) in [5.74, 6) is -0.141. The summed E-state index contributed by atoms with van der Waals surface area (Å²) in [7, 11) is 0. The first kappa shape index (κ1) is 15.0. The molecule has 1 aromatic carbocycles. The van der Waals surface area contributed by atoms with E-state index < -0.39 is 5.60 Å². The van der Waals surface area contributed by atoms with E-state index in [9.17, 15) is 14.3 Å². The van der Waals surface area contributed by atoms with E-state index in [1.54, 1.807) is 25.1 Å². The highest BCUT2D eigenvalue weighted by Gasteiger charge is 2.20. The number of benzene rings is 1. The molecule has 5 heteroatoms. The van der Waals surface area contributed by atoms with Gasteiger partial charge in [-0.25, -0.2) is 4.39 Å². The lowest BCUT2D eigenvalue weighted by Crippen LogP contribution is -2.43. The first-order chi connectivity index (χ1) is 8.44. The number of carbonyl (C=O) groups is 1. The van der Waals surface area contributed by atoms with E-state index in [1.807, 2.05) is 6.26 Å². The summed E-state index contributed by atoms with van der Waals surface area (Å²) in [4.78, 5) is 11.6. The second kappa shape index (κ2) is 6.75. The number of nitrogens with one attached hydrogen (secondary N) is 1. The van der Waals surface area contributed by atoms with E-state index in [-0.39, 0.29) is 24.7 Å². The largest absolute Gasteiger partial charge is 0.387 e. The lowest BCUT2D eigenvalue weighted by atomic mass is 10.1. The standard InChI is InChI=1S/C13H18FNO2S/c1-13(17,9-18-2)8-15-12(16)7-10-5-3-4-6-11(10)14/h3-6,17H,7-9H2,1-2H3,(H,15,16)/t13-/m1/s1. The maximum Gasteiger partial charge on any atom is 0.224 e. The molecule has 1 aromatic rings. The van der Waals surface area contributed by atoms with E-state index in [2.05, 4.69) is 5.32 Å². The molecule has 0 saturated carbocycles. The topological polar surface area (TPSA) is 49.3 Å². The summed E-state index contributed by atoms with van der Waals surface area (Å²) in [6.45, 7) is 1.83. The second-order valence-corrected chi connectivity index (χ2v) is 5.34. The monoisotopic (exact) mass is 271 g/mol. The number of halogens is 1. The molecule has 2 N–H and O–H groups in total. The van der Waals surface area contributed by atoms with Crippen LogP contribution in [-0.2, 0) is 11.2 Å². The number of aliphatic hydroxyl groups is 1. The van der Waals surface area contributed by atoms with Crippen molar-refractivity contribution in [3.8, 4) is 0 Å². The quantitative estimate of drug-likeness (QED) is 0.826. The summed E-state index contributed by atoms with van der Waals surface area (Å²) in [6, 6.07) is 6.18. The van der Waals surface area contributed by atoms with Gasteiger partial charge in [0.1, 0.15) is 5.82 Å². The average molecular weight is 271 g/mol. The first-order valence-electron chi connectivity index (χ1n) is 5.66. The average Bonchev–Trinajstić information content (AvgIpc) is 2.30. The fraction of sp³-hybridized carbons (Fsp3) is 0.462. The molecule has 0 aromatic heterocycles. The molecule has 0 radical (unpaired) electrons. The molecular formula is C13H18FNO2S. The molecule has 18 heavy (non-hydrogen) atoms. The lowest BCUT2D eigenvalue weighted by Gasteiger charge is -2.22. The van der Waals surface area contributed by atoms with E-state index in [0.717, 1.165) is 0 Å². The number of rotatable bonds is 6. The van der Waals surface area contributed by atoms with Crippen LogP contribution in [0.25, 0.3) is 0 Å². The smallest absolute Gasteiger partial charge is 0.224 e. The van der Waals surface area contributed by atoms with Crippen molar-refractivity contribution in [3.63, 3.8) is 0 Å². The molecule has 3 nitrogen and oxygen atoms in total. The zero-order chi connectivity index (χ0) is 13.6. The molecule has 100 valence electrons. The molecule has 0 unspecified atom stereocenters. The van der Waals surface area contributed by atoms with Gasteiger partial charge in [-0.2, -0.15) is 11.8 Å². The zero-order valence-corrected chi connectivity index (χ0v) is 11.4. The Bertz CT molecular complexity index is 410.